The molecule has 102 valence electrons. The lowest BCUT2D eigenvalue weighted by Crippen LogP contribution is -1.97. The van der Waals surface area contributed by atoms with Crippen molar-refractivity contribution in [3.8, 4) is 11.3 Å². The molecule has 0 bridgehead atoms. The average molecular weight is 305 g/mol. The number of sulfone groups is 1. The summed E-state index contributed by atoms with van der Waals surface area (Å²) in [5.74, 6) is 0. The molecule has 0 unspecified atom stereocenters. The molecule has 2 aromatic heterocycles. The quantitative estimate of drug-likeness (QED) is 0.785. The molecule has 0 spiro atoms. The van der Waals surface area contributed by atoms with Crippen LogP contribution in [0, 0.1) is 0 Å². The van der Waals surface area contributed by atoms with E-state index in [2.05, 4.69) is 9.97 Å². The van der Waals surface area contributed by atoms with Gasteiger partial charge in [0, 0.05) is 11.8 Å². The minimum Gasteiger partial charge on any atom is -0.375 e. The first-order valence-corrected chi connectivity index (χ1v) is 8.47. The summed E-state index contributed by atoms with van der Waals surface area (Å²) in [5, 5.41) is 0.490. The Morgan fingerprint density at radius 3 is 2.80 bits per heavy atom. The van der Waals surface area contributed by atoms with Crippen LogP contribution in [0.25, 0.3) is 21.5 Å². The molecule has 0 fully saturated rings. The van der Waals surface area contributed by atoms with E-state index in [1.54, 1.807) is 24.4 Å². The number of aromatic nitrogens is 2. The zero-order chi connectivity index (χ0) is 14.3. The van der Waals surface area contributed by atoms with Gasteiger partial charge in [-0.1, -0.05) is 23.5 Å². The summed E-state index contributed by atoms with van der Waals surface area (Å²) >= 11 is 1.38. The van der Waals surface area contributed by atoms with Gasteiger partial charge in [0.25, 0.3) is 0 Å². The van der Waals surface area contributed by atoms with E-state index in [0.717, 1.165) is 15.8 Å². The molecule has 0 amide bonds. The van der Waals surface area contributed by atoms with E-state index in [-0.39, 0.29) is 4.90 Å². The highest BCUT2D eigenvalue weighted by Gasteiger charge is 2.10. The van der Waals surface area contributed by atoms with Gasteiger partial charge in [0.05, 0.1) is 21.5 Å². The average Bonchev–Trinajstić information content (AvgIpc) is 2.77. The Hall–Kier alpha value is -1.99. The SMILES string of the molecule is CS(=O)(=O)c1cccc(-c2cc3sc(N)nc3cn2)c1. The molecule has 3 rings (SSSR count). The number of benzene rings is 1. The number of anilines is 1. The Labute approximate surface area is 120 Å². The molecule has 5 nitrogen and oxygen atoms in total. The van der Waals surface area contributed by atoms with Crippen LogP contribution in [0.4, 0.5) is 5.13 Å². The van der Waals surface area contributed by atoms with Gasteiger partial charge in [0.15, 0.2) is 15.0 Å². The molecule has 0 radical (unpaired) electrons. The van der Waals surface area contributed by atoms with E-state index in [1.165, 1.54) is 17.6 Å². The van der Waals surface area contributed by atoms with Gasteiger partial charge < -0.3 is 5.73 Å². The first-order chi connectivity index (χ1) is 9.43. The molecule has 0 aliphatic carbocycles. The molecular weight excluding hydrogens is 294 g/mol. The number of nitrogen functional groups attached to an aromatic ring is 1. The van der Waals surface area contributed by atoms with E-state index < -0.39 is 9.84 Å². The lowest BCUT2D eigenvalue weighted by atomic mass is 10.1. The van der Waals surface area contributed by atoms with Crippen molar-refractivity contribution in [1.29, 1.82) is 0 Å². The number of hydrogen-bond donors (Lipinski definition) is 1. The van der Waals surface area contributed by atoms with Crippen molar-refractivity contribution in [3.05, 3.63) is 36.5 Å². The van der Waals surface area contributed by atoms with Crippen molar-refractivity contribution in [2.75, 3.05) is 12.0 Å². The van der Waals surface area contributed by atoms with Crippen molar-refractivity contribution < 1.29 is 8.42 Å². The molecule has 3 aromatic rings. The maximum absolute atomic E-state index is 11.6. The standard InChI is InChI=1S/C13H11N3O2S2/c1-20(17,18)9-4-2-3-8(5-9)10-6-12-11(7-15-10)16-13(14)19-12/h2-7H,1H3,(H2,14,16). The fourth-order valence-corrected chi connectivity index (χ4v) is 3.30. The maximum atomic E-state index is 11.6. The summed E-state index contributed by atoms with van der Waals surface area (Å²) in [7, 11) is -3.23. The normalized spacial score (nSPS) is 11.8. The van der Waals surface area contributed by atoms with Gasteiger partial charge >= 0.3 is 0 Å². The summed E-state index contributed by atoms with van der Waals surface area (Å²) in [6.45, 7) is 0. The van der Waals surface area contributed by atoms with Crippen LogP contribution in [-0.2, 0) is 9.84 Å². The summed E-state index contributed by atoms with van der Waals surface area (Å²) in [5.41, 5.74) is 7.86. The summed E-state index contributed by atoms with van der Waals surface area (Å²) in [4.78, 5) is 8.73. The third-order valence-corrected chi connectivity index (χ3v) is 4.81. The van der Waals surface area contributed by atoms with E-state index in [4.69, 9.17) is 5.73 Å². The number of hydrogen-bond acceptors (Lipinski definition) is 6. The van der Waals surface area contributed by atoms with Gasteiger partial charge in [-0.2, -0.15) is 0 Å². The second-order valence-electron chi connectivity index (χ2n) is 4.39. The highest BCUT2D eigenvalue weighted by molar-refractivity contribution is 7.90. The molecule has 1 aromatic carbocycles. The largest absolute Gasteiger partial charge is 0.375 e. The Morgan fingerprint density at radius 1 is 1.25 bits per heavy atom. The zero-order valence-electron chi connectivity index (χ0n) is 10.6. The number of pyridine rings is 1. The molecule has 2 N–H and O–H groups in total. The number of nitrogens with two attached hydrogens (primary N) is 1. The first-order valence-electron chi connectivity index (χ1n) is 5.76. The lowest BCUT2D eigenvalue weighted by Gasteiger charge is -2.03. The smallest absolute Gasteiger partial charge is 0.181 e. The van der Waals surface area contributed by atoms with Crippen molar-refractivity contribution >= 4 is 36.5 Å². The predicted molar refractivity (Wildman–Crippen MR) is 80.4 cm³/mol. The summed E-state index contributed by atoms with van der Waals surface area (Å²) in [6, 6.07) is 8.59. The van der Waals surface area contributed by atoms with Crippen LogP contribution < -0.4 is 5.73 Å². The van der Waals surface area contributed by atoms with Crippen LogP contribution >= 0.6 is 11.3 Å². The second kappa shape index (κ2) is 4.53. The third-order valence-electron chi connectivity index (χ3n) is 2.85. The Morgan fingerprint density at radius 2 is 2.05 bits per heavy atom. The zero-order valence-corrected chi connectivity index (χ0v) is 12.2. The Balaban J connectivity index is 2.15. The van der Waals surface area contributed by atoms with Gasteiger partial charge in [-0.25, -0.2) is 13.4 Å². The maximum Gasteiger partial charge on any atom is 0.181 e. The molecule has 20 heavy (non-hydrogen) atoms. The van der Waals surface area contributed by atoms with Gasteiger partial charge in [-0.05, 0) is 18.2 Å². The first kappa shape index (κ1) is 13.0. The van der Waals surface area contributed by atoms with Crippen LogP contribution in [0.2, 0.25) is 0 Å². The van der Waals surface area contributed by atoms with Crippen LogP contribution in [0.1, 0.15) is 0 Å². The van der Waals surface area contributed by atoms with Crippen molar-refractivity contribution in [1.82, 2.24) is 9.97 Å². The van der Waals surface area contributed by atoms with E-state index in [9.17, 15) is 8.42 Å². The fraction of sp³-hybridized carbons (Fsp3) is 0.0769. The van der Waals surface area contributed by atoms with Crippen molar-refractivity contribution in [3.63, 3.8) is 0 Å². The fourth-order valence-electron chi connectivity index (χ4n) is 1.89. The number of rotatable bonds is 2. The van der Waals surface area contributed by atoms with Crippen LogP contribution in [-0.4, -0.2) is 24.6 Å². The molecular formula is C13H11N3O2S2. The molecule has 7 heteroatoms. The van der Waals surface area contributed by atoms with Crippen molar-refractivity contribution in [2.24, 2.45) is 0 Å². The summed E-state index contributed by atoms with van der Waals surface area (Å²) in [6.07, 6.45) is 2.83. The van der Waals surface area contributed by atoms with E-state index in [0.29, 0.717) is 10.8 Å². The molecule has 2 heterocycles. The molecule has 0 aliphatic rings. The number of nitrogens with zero attached hydrogens (tertiary/aromatic N) is 2. The van der Waals surface area contributed by atoms with Gasteiger partial charge in [0.2, 0.25) is 0 Å². The highest BCUT2D eigenvalue weighted by Crippen LogP contribution is 2.28. The lowest BCUT2D eigenvalue weighted by molar-refractivity contribution is 0.602. The molecule has 0 atom stereocenters. The summed E-state index contributed by atoms with van der Waals surface area (Å²) < 4.78 is 24.1. The van der Waals surface area contributed by atoms with E-state index in [1.807, 2.05) is 12.1 Å². The minimum atomic E-state index is -3.23. The molecule has 0 aliphatic heterocycles. The highest BCUT2D eigenvalue weighted by atomic mass is 32.2. The van der Waals surface area contributed by atoms with Gasteiger partial charge in [-0.3, -0.25) is 4.98 Å². The predicted octanol–water partition coefficient (Wildman–Crippen LogP) is 2.34. The van der Waals surface area contributed by atoms with Crippen LogP contribution in [0.15, 0.2) is 41.4 Å². The Bertz CT molecular complexity index is 901. The Kier molecular flexibility index (Phi) is 2.95. The van der Waals surface area contributed by atoms with Gasteiger partial charge in [0.1, 0.15) is 5.52 Å². The monoisotopic (exact) mass is 305 g/mol. The number of thiazole rings is 1. The molecule has 0 saturated carbocycles. The number of fused-ring (bicyclic) bond motifs is 1. The van der Waals surface area contributed by atoms with Crippen LogP contribution in [0.3, 0.4) is 0 Å². The van der Waals surface area contributed by atoms with Gasteiger partial charge in [-0.15, -0.1) is 0 Å². The van der Waals surface area contributed by atoms with Crippen LogP contribution in [0.5, 0.6) is 0 Å². The second-order valence-corrected chi connectivity index (χ2v) is 7.47. The molecule has 0 saturated heterocycles. The van der Waals surface area contributed by atoms with Crippen molar-refractivity contribution in [2.45, 2.75) is 4.90 Å². The third kappa shape index (κ3) is 2.37. The topological polar surface area (TPSA) is 85.9 Å². The minimum absolute atomic E-state index is 0.278. The van der Waals surface area contributed by atoms with E-state index >= 15 is 0 Å².